The van der Waals surface area contributed by atoms with E-state index < -0.39 is 0 Å². The van der Waals surface area contributed by atoms with Gasteiger partial charge in [-0.2, -0.15) is 0 Å². The van der Waals surface area contributed by atoms with Crippen molar-refractivity contribution in [2.75, 3.05) is 26.0 Å². The molecule has 4 aromatic rings. The molecule has 162 valence electrons. The number of hydrogen-bond acceptors (Lipinski definition) is 6. The standard InChI is InChI=1S/C24H20ClFN4OS/c1-30(2)10-4-7-19-13-21-23(32-19)24(28-15-27-21)29-18-8-9-22(20(25)12-18)31-14-16-5-3-6-17(26)11-16/h3,5-6,8-9,11-13,15H,10,14H2,1-2H3,(H,27,28,29). The van der Waals surface area contributed by atoms with Crippen LogP contribution in [0.3, 0.4) is 0 Å². The molecule has 32 heavy (non-hydrogen) atoms. The molecule has 0 amide bonds. The average molecular weight is 467 g/mol. The minimum atomic E-state index is -0.298. The molecule has 2 aromatic carbocycles. The number of nitrogens with zero attached hydrogens (tertiary/aromatic N) is 3. The van der Waals surface area contributed by atoms with E-state index in [1.807, 2.05) is 31.1 Å². The molecule has 0 aliphatic heterocycles. The maximum atomic E-state index is 13.3. The molecule has 0 saturated carbocycles. The average Bonchev–Trinajstić information content (AvgIpc) is 3.17. The number of benzene rings is 2. The summed E-state index contributed by atoms with van der Waals surface area (Å²) in [5, 5.41) is 3.74. The molecule has 2 heterocycles. The highest BCUT2D eigenvalue weighted by Crippen LogP contribution is 2.33. The second-order valence-corrected chi connectivity index (χ2v) is 8.74. The highest BCUT2D eigenvalue weighted by Gasteiger charge is 2.10. The maximum absolute atomic E-state index is 13.3. The Kier molecular flexibility index (Phi) is 6.86. The minimum absolute atomic E-state index is 0.226. The fraction of sp³-hybridized carbons (Fsp3) is 0.167. The molecule has 0 aliphatic rings. The highest BCUT2D eigenvalue weighted by atomic mass is 35.5. The summed E-state index contributed by atoms with van der Waals surface area (Å²) in [6.07, 6.45) is 1.52. The fourth-order valence-electron chi connectivity index (χ4n) is 2.91. The molecule has 0 unspecified atom stereocenters. The van der Waals surface area contributed by atoms with Crippen LogP contribution >= 0.6 is 22.9 Å². The van der Waals surface area contributed by atoms with Crippen LogP contribution in [-0.4, -0.2) is 35.5 Å². The molecule has 0 spiro atoms. The number of aromatic nitrogens is 2. The van der Waals surface area contributed by atoms with Crippen LogP contribution in [0.2, 0.25) is 5.02 Å². The van der Waals surface area contributed by atoms with Gasteiger partial charge in [-0.05, 0) is 56.1 Å². The smallest absolute Gasteiger partial charge is 0.151 e. The van der Waals surface area contributed by atoms with Gasteiger partial charge >= 0.3 is 0 Å². The van der Waals surface area contributed by atoms with Crippen molar-refractivity contribution in [3.63, 3.8) is 0 Å². The van der Waals surface area contributed by atoms with Crippen molar-refractivity contribution in [2.24, 2.45) is 0 Å². The number of ether oxygens (including phenoxy) is 1. The summed E-state index contributed by atoms with van der Waals surface area (Å²) in [5.41, 5.74) is 2.33. The predicted octanol–water partition coefficient (Wildman–Crippen LogP) is 5.72. The van der Waals surface area contributed by atoms with Crippen LogP contribution in [0.5, 0.6) is 5.75 Å². The molecule has 0 radical (unpaired) electrons. The Bertz CT molecular complexity index is 1310. The summed E-state index contributed by atoms with van der Waals surface area (Å²) >= 11 is 7.95. The lowest BCUT2D eigenvalue weighted by atomic mass is 10.2. The number of halogens is 2. The summed E-state index contributed by atoms with van der Waals surface area (Å²) < 4.78 is 20.0. The normalized spacial score (nSPS) is 10.8. The molecular formula is C24H20ClFN4OS. The lowest BCUT2D eigenvalue weighted by Crippen LogP contribution is -2.10. The van der Waals surface area contributed by atoms with Crippen molar-refractivity contribution in [3.8, 4) is 17.6 Å². The molecular weight excluding hydrogens is 447 g/mol. The van der Waals surface area contributed by atoms with E-state index in [9.17, 15) is 4.39 Å². The third-order valence-electron chi connectivity index (χ3n) is 4.40. The number of nitrogens with one attached hydrogen (secondary N) is 1. The summed E-state index contributed by atoms with van der Waals surface area (Å²) in [6.45, 7) is 0.917. The predicted molar refractivity (Wildman–Crippen MR) is 128 cm³/mol. The monoisotopic (exact) mass is 466 g/mol. The van der Waals surface area contributed by atoms with Crippen LogP contribution in [0.4, 0.5) is 15.9 Å². The van der Waals surface area contributed by atoms with E-state index in [1.54, 1.807) is 35.6 Å². The van der Waals surface area contributed by atoms with Crippen LogP contribution in [0, 0.1) is 17.7 Å². The van der Waals surface area contributed by atoms with Crippen molar-refractivity contribution in [1.82, 2.24) is 14.9 Å². The summed E-state index contributed by atoms with van der Waals surface area (Å²) in [7, 11) is 3.96. The van der Waals surface area contributed by atoms with Crippen LogP contribution < -0.4 is 10.1 Å². The Labute approximate surface area is 194 Å². The van der Waals surface area contributed by atoms with E-state index in [0.29, 0.717) is 23.1 Å². The highest BCUT2D eigenvalue weighted by molar-refractivity contribution is 7.20. The topological polar surface area (TPSA) is 50.3 Å². The van der Waals surface area contributed by atoms with Crippen molar-refractivity contribution < 1.29 is 9.13 Å². The van der Waals surface area contributed by atoms with Crippen LogP contribution in [-0.2, 0) is 6.61 Å². The number of fused-ring (bicyclic) bond motifs is 1. The van der Waals surface area contributed by atoms with Crippen LogP contribution in [0.15, 0.2) is 54.9 Å². The first-order valence-corrected chi connectivity index (χ1v) is 11.0. The van der Waals surface area contributed by atoms with Gasteiger partial charge in [0.05, 0.1) is 26.7 Å². The van der Waals surface area contributed by atoms with Gasteiger partial charge in [-0.3, -0.25) is 4.90 Å². The molecule has 0 bridgehead atoms. The number of anilines is 2. The molecule has 8 heteroatoms. The van der Waals surface area contributed by atoms with Gasteiger partial charge in [-0.25, -0.2) is 14.4 Å². The van der Waals surface area contributed by atoms with Gasteiger partial charge in [0.15, 0.2) is 5.82 Å². The second kappa shape index (κ2) is 9.96. The largest absolute Gasteiger partial charge is 0.487 e. The molecule has 2 aromatic heterocycles. The number of hydrogen-bond donors (Lipinski definition) is 1. The zero-order chi connectivity index (χ0) is 22.5. The first-order chi connectivity index (χ1) is 15.5. The minimum Gasteiger partial charge on any atom is -0.487 e. The molecule has 0 atom stereocenters. The van der Waals surface area contributed by atoms with Gasteiger partial charge in [-0.1, -0.05) is 35.6 Å². The summed E-state index contributed by atoms with van der Waals surface area (Å²) in [5.74, 6) is 7.22. The Hall–Kier alpha value is -3.18. The van der Waals surface area contributed by atoms with Crippen LogP contribution in [0.25, 0.3) is 10.2 Å². The first kappa shape index (κ1) is 22.0. The maximum Gasteiger partial charge on any atom is 0.151 e. The Morgan fingerprint density at radius 2 is 2.03 bits per heavy atom. The second-order valence-electron chi connectivity index (χ2n) is 7.28. The van der Waals surface area contributed by atoms with Crippen molar-refractivity contribution in [3.05, 3.63) is 76.1 Å². The Morgan fingerprint density at radius 3 is 2.81 bits per heavy atom. The van der Waals surface area contributed by atoms with Gasteiger partial charge in [0.2, 0.25) is 0 Å². The van der Waals surface area contributed by atoms with E-state index in [2.05, 4.69) is 27.1 Å². The number of rotatable bonds is 6. The third-order valence-corrected chi connectivity index (χ3v) is 5.74. The quantitative estimate of drug-likeness (QED) is 0.368. The lowest BCUT2D eigenvalue weighted by Gasteiger charge is -2.11. The van der Waals surface area contributed by atoms with Gasteiger partial charge < -0.3 is 10.1 Å². The fourth-order valence-corrected chi connectivity index (χ4v) is 4.08. The molecule has 0 fully saturated rings. The molecule has 4 rings (SSSR count). The Balaban J connectivity index is 1.49. The van der Waals surface area contributed by atoms with Gasteiger partial charge in [-0.15, -0.1) is 11.3 Å². The molecule has 1 N–H and O–H groups in total. The summed E-state index contributed by atoms with van der Waals surface area (Å²) in [4.78, 5) is 11.7. The van der Waals surface area contributed by atoms with E-state index in [0.717, 1.165) is 26.3 Å². The van der Waals surface area contributed by atoms with Gasteiger partial charge in [0.1, 0.15) is 24.5 Å². The van der Waals surface area contributed by atoms with Crippen LogP contribution in [0.1, 0.15) is 10.4 Å². The van der Waals surface area contributed by atoms with Crippen molar-refractivity contribution in [2.45, 2.75) is 6.61 Å². The van der Waals surface area contributed by atoms with Gasteiger partial charge in [0, 0.05) is 5.69 Å². The van der Waals surface area contributed by atoms with Crippen molar-refractivity contribution >= 4 is 44.7 Å². The molecule has 0 saturated heterocycles. The van der Waals surface area contributed by atoms with Gasteiger partial charge in [0.25, 0.3) is 0 Å². The SMILES string of the molecule is CN(C)CC#Cc1cc2ncnc(Nc3ccc(OCc4cccc(F)c4)c(Cl)c3)c2s1. The Morgan fingerprint density at radius 1 is 1.16 bits per heavy atom. The van der Waals surface area contributed by atoms with Crippen molar-refractivity contribution in [1.29, 1.82) is 0 Å². The zero-order valence-electron chi connectivity index (χ0n) is 17.5. The van der Waals surface area contributed by atoms with E-state index >= 15 is 0 Å². The number of thiophene rings is 1. The van der Waals surface area contributed by atoms with E-state index in [-0.39, 0.29) is 12.4 Å². The summed E-state index contributed by atoms with van der Waals surface area (Å²) in [6, 6.07) is 13.6. The lowest BCUT2D eigenvalue weighted by molar-refractivity contribution is 0.306. The molecule has 0 aliphatic carbocycles. The van der Waals surface area contributed by atoms with E-state index in [4.69, 9.17) is 16.3 Å². The van der Waals surface area contributed by atoms with E-state index in [1.165, 1.54) is 18.5 Å². The first-order valence-electron chi connectivity index (χ1n) is 9.80. The third kappa shape index (κ3) is 5.54. The zero-order valence-corrected chi connectivity index (χ0v) is 19.1. The molecule has 5 nitrogen and oxygen atoms in total.